The fraction of sp³-hybridized carbons (Fsp3) is 0.333. The fourth-order valence-corrected chi connectivity index (χ4v) is 1.66. The lowest BCUT2D eigenvalue weighted by atomic mass is 10.2. The molecule has 1 aromatic rings. The lowest BCUT2D eigenvalue weighted by Crippen LogP contribution is -2.50. The van der Waals surface area contributed by atoms with Gasteiger partial charge in [-0.25, -0.2) is 4.79 Å². The lowest BCUT2D eigenvalue weighted by Gasteiger charge is -2.26. The summed E-state index contributed by atoms with van der Waals surface area (Å²) in [5.74, 6) is 0.364. The topological polar surface area (TPSA) is 75.2 Å². The van der Waals surface area contributed by atoms with Crippen molar-refractivity contribution in [2.45, 2.75) is 12.3 Å². The van der Waals surface area contributed by atoms with Crippen LogP contribution in [0.1, 0.15) is 12.0 Å². The van der Waals surface area contributed by atoms with Gasteiger partial charge in [0.15, 0.2) is 5.82 Å². The molecule has 0 bridgehead atoms. The van der Waals surface area contributed by atoms with Crippen LogP contribution in [-0.4, -0.2) is 28.7 Å². The molecule has 0 unspecified atom stereocenters. The van der Waals surface area contributed by atoms with Crippen molar-refractivity contribution in [1.29, 1.82) is 0 Å². The highest BCUT2D eigenvalue weighted by molar-refractivity contribution is 6.17. The van der Waals surface area contributed by atoms with Crippen LogP contribution in [0.25, 0.3) is 0 Å². The summed E-state index contributed by atoms with van der Waals surface area (Å²) >= 11 is 5.73. The van der Waals surface area contributed by atoms with Gasteiger partial charge in [-0.05, 0) is 6.07 Å². The molecule has 0 radical (unpaired) electrons. The number of aromatic nitrogens is 2. The monoisotopic (exact) mass is 240 g/mol. The molecule has 0 aliphatic carbocycles. The summed E-state index contributed by atoms with van der Waals surface area (Å²) in [6.45, 7) is 0.299. The number of carbonyl (C=O) groups is 2. The molecular weight excluding hydrogens is 232 g/mol. The molecule has 6 nitrogen and oxygen atoms in total. The van der Waals surface area contributed by atoms with Crippen LogP contribution in [0.2, 0.25) is 0 Å². The normalized spacial score (nSPS) is 16.2. The molecule has 0 spiro atoms. The first kappa shape index (κ1) is 10.8. The van der Waals surface area contributed by atoms with E-state index in [1.165, 1.54) is 11.1 Å². The van der Waals surface area contributed by atoms with E-state index >= 15 is 0 Å². The molecule has 0 aromatic carbocycles. The zero-order chi connectivity index (χ0) is 11.5. The summed E-state index contributed by atoms with van der Waals surface area (Å²) in [6, 6.07) is 1.21. The van der Waals surface area contributed by atoms with Crippen LogP contribution in [0, 0.1) is 0 Å². The standard InChI is InChI=1S/C9H9ClN4O2/c10-5-6-1-3-11-13-8(6)14-4-2-7(15)12-9(14)16/h1,3H,2,4-5H2,(H,12,15,16). The molecule has 3 amide bonds. The van der Waals surface area contributed by atoms with Gasteiger partial charge in [-0.3, -0.25) is 15.0 Å². The van der Waals surface area contributed by atoms with Crippen molar-refractivity contribution in [1.82, 2.24) is 15.5 Å². The second-order valence-corrected chi connectivity index (χ2v) is 3.54. The largest absolute Gasteiger partial charge is 0.329 e. The Hall–Kier alpha value is -1.69. The van der Waals surface area contributed by atoms with E-state index in [9.17, 15) is 9.59 Å². The van der Waals surface area contributed by atoms with Gasteiger partial charge in [-0.2, -0.15) is 5.10 Å². The summed E-state index contributed by atoms with van der Waals surface area (Å²) in [4.78, 5) is 23.9. The van der Waals surface area contributed by atoms with Gasteiger partial charge in [-0.15, -0.1) is 16.7 Å². The van der Waals surface area contributed by atoms with Gasteiger partial charge in [0.05, 0.1) is 12.1 Å². The quantitative estimate of drug-likeness (QED) is 0.771. The molecule has 1 aliphatic rings. The lowest BCUT2D eigenvalue weighted by molar-refractivity contribution is -0.120. The number of nitrogens with one attached hydrogen (secondary N) is 1. The van der Waals surface area contributed by atoms with Gasteiger partial charge >= 0.3 is 6.03 Å². The van der Waals surface area contributed by atoms with Crippen molar-refractivity contribution in [2.75, 3.05) is 11.4 Å². The molecule has 1 aliphatic heterocycles. The summed E-state index contributed by atoms with van der Waals surface area (Å²) in [7, 11) is 0. The molecule has 7 heteroatoms. The first-order valence-electron chi connectivity index (χ1n) is 4.70. The van der Waals surface area contributed by atoms with Gasteiger partial charge in [0.1, 0.15) is 0 Å². The number of halogens is 1. The minimum atomic E-state index is -0.483. The van der Waals surface area contributed by atoms with Crippen molar-refractivity contribution in [3.05, 3.63) is 17.8 Å². The second kappa shape index (κ2) is 4.44. The fourth-order valence-electron chi connectivity index (χ4n) is 1.45. The van der Waals surface area contributed by atoms with Crippen LogP contribution in [0.15, 0.2) is 12.3 Å². The van der Waals surface area contributed by atoms with Crippen LogP contribution in [0.4, 0.5) is 10.6 Å². The molecule has 84 valence electrons. The summed E-state index contributed by atoms with van der Waals surface area (Å²) < 4.78 is 0. The van der Waals surface area contributed by atoms with Crippen LogP contribution in [0.5, 0.6) is 0 Å². The number of amides is 3. The van der Waals surface area contributed by atoms with Crippen LogP contribution < -0.4 is 10.2 Å². The number of anilines is 1. The van der Waals surface area contributed by atoms with Crippen LogP contribution >= 0.6 is 11.6 Å². The molecular formula is C9H9ClN4O2. The second-order valence-electron chi connectivity index (χ2n) is 3.27. The first-order valence-corrected chi connectivity index (χ1v) is 5.23. The van der Waals surface area contributed by atoms with Crippen molar-refractivity contribution >= 4 is 29.4 Å². The van der Waals surface area contributed by atoms with E-state index in [4.69, 9.17) is 11.6 Å². The average Bonchev–Trinajstić information content (AvgIpc) is 2.29. The predicted molar refractivity (Wildman–Crippen MR) is 57.1 cm³/mol. The van der Waals surface area contributed by atoms with Crippen LogP contribution in [-0.2, 0) is 10.7 Å². The summed E-state index contributed by atoms with van der Waals surface area (Å²) in [6.07, 6.45) is 1.76. The van der Waals surface area contributed by atoms with E-state index in [0.717, 1.165) is 0 Å². The Bertz CT molecular complexity index is 437. The average molecular weight is 241 g/mol. The maximum Gasteiger partial charge on any atom is 0.329 e. The number of hydrogen-bond donors (Lipinski definition) is 1. The number of rotatable bonds is 2. The number of carbonyl (C=O) groups excluding carboxylic acids is 2. The highest BCUT2D eigenvalue weighted by atomic mass is 35.5. The van der Waals surface area contributed by atoms with E-state index in [0.29, 0.717) is 17.9 Å². The van der Waals surface area contributed by atoms with Gasteiger partial charge in [-0.1, -0.05) is 0 Å². The maximum atomic E-state index is 11.6. The molecule has 1 N–H and O–H groups in total. The molecule has 0 saturated carbocycles. The maximum absolute atomic E-state index is 11.6. The number of nitrogens with zero attached hydrogens (tertiary/aromatic N) is 3. The SMILES string of the molecule is O=C1CCN(c2nnccc2CCl)C(=O)N1. The summed E-state index contributed by atoms with van der Waals surface area (Å²) in [5, 5.41) is 9.79. The minimum Gasteiger partial charge on any atom is -0.278 e. The number of imide groups is 1. The van der Waals surface area contributed by atoms with Crippen molar-refractivity contribution in [2.24, 2.45) is 0 Å². The zero-order valence-corrected chi connectivity index (χ0v) is 9.07. The van der Waals surface area contributed by atoms with Crippen molar-refractivity contribution in [3.8, 4) is 0 Å². The van der Waals surface area contributed by atoms with Gasteiger partial charge in [0, 0.05) is 18.5 Å². The summed E-state index contributed by atoms with van der Waals surface area (Å²) in [5.41, 5.74) is 0.709. The van der Waals surface area contributed by atoms with E-state index in [1.54, 1.807) is 6.07 Å². The number of urea groups is 1. The van der Waals surface area contributed by atoms with E-state index in [-0.39, 0.29) is 18.2 Å². The zero-order valence-electron chi connectivity index (χ0n) is 8.31. The van der Waals surface area contributed by atoms with Crippen molar-refractivity contribution in [3.63, 3.8) is 0 Å². The Kier molecular flexibility index (Phi) is 3.00. The Labute approximate surface area is 96.6 Å². The molecule has 16 heavy (non-hydrogen) atoms. The molecule has 1 fully saturated rings. The van der Waals surface area contributed by atoms with E-state index < -0.39 is 6.03 Å². The molecule has 1 saturated heterocycles. The van der Waals surface area contributed by atoms with E-state index in [1.807, 2.05) is 0 Å². The molecule has 2 rings (SSSR count). The Morgan fingerprint density at radius 3 is 3.00 bits per heavy atom. The number of hydrogen-bond acceptors (Lipinski definition) is 4. The third-order valence-electron chi connectivity index (χ3n) is 2.24. The molecule has 2 heterocycles. The molecule has 0 atom stereocenters. The Balaban J connectivity index is 2.30. The third-order valence-corrected chi connectivity index (χ3v) is 2.52. The smallest absolute Gasteiger partial charge is 0.278 e. The minimum absolute atomic E-state index is 0.239. The van der Waals surface area contributed by atoms with Gasteiger partial charge in [0.2, 0.25) is 5.91 Å². The third kappa shape index (κ3) is 1.96. The number of alkyl halides is 1. The first-order chi connectivity index (χ1) is 7.72. The predicted octanol–water partition coefficient (Wildman–Crippen LogP) is 0.662. The van der Waals surface area contributed by atoms with Gasteiger partial charge < -0.3 is 0 Å². The van der Waals surface area contributed by atoms with Gasteiger partial charge in [0.25, 0.3) is 0 Å². The Morgan fingerprint density at radius 2 is 2.31 bits per heavy atom. The van der Waals surface area contributed by atoms with E-state index in [2.05, 4.69) is 15.5 Å². The molecule has 1 aromatic heterocycles. The van der Waals surface area contributed by atoms with Crippen LogP contribution in [0.3, 0.4) is 0 Å². The highest BCUT2D eigenvalue weighted by Crippen LogP contribution is 2.19. The highest BCUT2D eigenvalue weighted by Gasteiger charge is 2.26. The van der Waals surface area contributed by atoms with Crippen molar-refractivity contribution < 1.29 is 9.59 Å². The Morgan fingerprint density at radius 1 is 1.50 bits per heavy atom.